The molecule has 0 radical (unpaired) electrons. The Bertz CT molecular complexity index is 666. The molecule has 24 heavy (non-hydrogen) atoms. The molecule has 2 fully saturated rings. The summed E-state index contributed by atoms with van der Waals surface area (Å²) in [6.07, 6.45) is 12.7. The lowest BCUT2D eigenvalue weighted by Crippen LogP contribution is -2.23. The van der Waals surface area contributed by atoms with Crippen LogP contribution in [0.1, 0.15) is 56.1 Å². The van der Waals surface area contributed by atoms with Crippen LogP contribution in [0, 0.1) is 5.92 Å². The number of benzene rings is 1. The van der Waals surface area contributed by atoms with Gasteiger partial charge >= 0.3 is 0 Å². The lowest BCUT2D eigenvalue weighted by molar-refractivity contribution is 0.102. The average molecular weight is 326 g/mol. The van der Waals surface area contributed by atoms with Crippen LogP contribution in [0.15, 0.2) is 24.4 Å². The molecule has 1 aliphatic heterocycles. The van der Waals surface area contributed by atoms with E-state index in [1.807, 2.05) is 0 Å². The summed E-state index contributed by atoms with van der Waals surface area (Å²) in [6.45, 7) is 1.16. The number of aromatic nitrogens is 1. The number of aryl methyl sites for hydroxylation is 1. The van der Waals surface area contributed by atoms with Crippen molar-refractivity contribution in [3.63, 3.8) is 0 Å². The lowest BCUT2D eigenvalue weighted by atomic mass is 9.94. The molecule has 2 heterocycles. The minimum Gasteiger partial charge on any atom is -0.393 e. The van der Waals surface area contributed by atoms with Gasteiger partial charge in [-0.3, -0.25) is 0 Å². The summed E-state index contributed by atoms with van der Waals surface area (Å²) in [5.41, 5.74) is 4.03. The van der Waals surface area contributed by atoms with Crippen molar-refractivity contribution < 1.29 is 5.11 Å². The third kappa shape index (κ3) is 3.52. The number of H-pyrrole nitrogens is 1. The van der Waals surface area contributed by atoms with E-state index in [2.05, 4.69) is 34.7 Å². The molecule has 4 rings (SSSR count). The van der Waals surface area contributed by atoms with E-state index in [-0.39, 0.29) is 6.10 Å². The van der Waals surface area contributed by atoms with Gasteiger partial charge in [-0.1, -0.05) is 18.9 Å². The Hall–Kier alpha value is -1.32. The molecular weight excluding hydrogens is 296 g/mol. The zero-order valence-electron chi connectivity index (χ0n) is 14.6. The molecule has 0 amide bonds. The molecule has 2 aliphatic rings. The van der Waals surface area contributed by atoms with Crippen LogP contribution < -0.4 is 5.32 Å². The third-order valence-electron chi connectivity index (χ3n) is 6.13. The highest BCUT2D eigenvalue weighted by molar-refractivity contribution is 5.84. The molecule has 3 nitrogen and oxygen atoms in total. The number of nitrogens with one attached hydrogen (secondary N) is 2. The first-order valence-electron chi connectivity index (χ1n) is 9.80. The van der Waals surface area contributed by atoms with Gasteiger partial charge in [0.2, 0.25) is 0 Å². The molecule has 1 aromatic carbocycles. The molecule has 1 aromatic heterocycles. The van der Waals surface area contributed by atoms with E-state index in [0.717, 1.165) is 25.8 Å². The molecule has 130 valence electrons. The predicted octanol–water partition coefficient (Wildman–Crippen LogP) is 3.95. The van der Waals surface area contributed by atoms with Crippen molar-refractivity contribution in [2.75, 3.05) is 6.54 Å². The molecule has 3 N–H and O–H groups in total. The molecule has 0 bridgehead atoms. The zero-order valence-corrected chi connectivity index (χ0v) is 14.6. The van der Waals surface area contributed by atoms with Crippen molar-refractivity contribution in [1.29, 1.82) is 0 Å². The summed E-state index contributed by atoms with van der Waals surface area (Å²) in [7, 11) is 0. The fraction of sp³-hybridized carbons (Fsp3) is 0.619. The monoisotopic (exact) mass is 326 g/mol. The number of aliphatic hydroxyl groups excluding tert-OH is 1. The SMILES string of the molecule is OC(CCc1ccc2[nH]cc(C[C@H]3CCCN3)c2c1)C1CCCC1. The number of rotatable bonds is 6. The fourth-order valence-electron chi connectivity index (χ4n) is 4.64. The summed E-state index contributed by atoms with van der Waals surface area (Å²) >= 11 is 0. The summed E-state index contributed by atoms with van der Waals surface area (Å²) < 4.78 is 0. The second-order valence-corrected chi connectivity index (χ2v) is 7.84. The molecule has 1 saturated carbocycles. The van der Waals surface area contributed by atoms with Crippen LogP contribution in [0.25, 0.3) is 10.9 Å². The van der Waals surface area contributed by atoms with E-state index in [0.29, 0.717) is 12.0 Å². The summed E-state index contributed by atoms with van der Waals surface area (Å²) in [6, 6.07) is 7.41. The Balaban J connectivity index is 1.43. The van der Waals surface area contributed by atoms with Crippen LogP contribution in [-0.4, -0.2) is 28.8 Å². The van der Waals surface area contributed by atoms with Crippen molar-refractivity contribution in [3.8, 4) is 0 Å². The largest absolute Gasteiger partial charge is 0.393 e. The second kappa shape index (κ2) is 7.28. The van der Waals surface area contributed by atoms with Crippen molar-refractivity contribution in [2.45, 2.75) is 69.9 Å². The molecule has 2 aromatic rings. The maximum Gasteiger partial charge on any atom is 0.0571 e. The molecular formula is C21H30N2O. The Kier molecular flexibility index (Phi) is 4.91. The van der Waals surface area contributed by atoms with Gasteiger partial charge in [0.25, 0.3) is 0 Å². The second-order valence-electron chi connectivity index (χ2n) is 7.84. The van der Waals surface area contributed by atoms with Gasteiger partial charge in [0.1, 0.15) is 0 Å². The Morgan fingerprint density at radius 1 is 1.12 bits per heavy atom. The quantitative estimate of drug-likeness (QED) is 0.753. The fourth-order valence-corrected chi connectivity index (χ4v) is 4.64. The van der Waals surface area contributed by atoms with Gasteiger partial charge in [-0.2, -0.15) is 0 Å². The van der Waals surface area contributed by atoms with Crippen LogP contribution in [0.2, 0.25) is 0 Å². The van der Waals surface area contributed by atoms with Crippen molar-refractivity contribution in [1.82, 2.24) is 10.3 Å². The van der Waals surface area contributed by atoms with Crippen molar-refractivity contribution in [2.24, 2.45) is 5.92 Å². The third-order valence-corrected chi connectivity index (χ3v) is 6.13. The standard InChI is InChI=1S/C21H30N2O/c24-21(16-4-1-2-5-16)10-8-15-7-9-20-19(12-15)17(14-23-20)13-18-6-3-11-22-18/h7,9,12,14,16,18,21-24H,1-6,8,10-11,13H2/t18-,21?/m1/s1. The lowest BCUT2D eigenvalue weighted by Gasteiger charge is -2.17. The maximum absolute atomic E-state index is 10.4. The normalized spacial score (nSPS) is 23.3. The molecule has 3 heteroatoms. The predicted molar refractivity (Wildman–Crippen MR) is 99.3 cm³/mol. The van der Waals surface area contributed by atoms with Crippen LogP contribution in [-0.2, 0) is 12.8 Å². The van der Waals surface area contributed by atoms with Gasteiger partial charge in [0.05, 0.1) is 6.10 Å². The van der Waals surface area contributed by atoms with Gasteiger partial charge in [0.15, 0.2) is 0 Å². The van der Waals surface area contributed by atoms with Crippen molar-refractivity contribution >= 4 is 10.9 Å². The minimum atomic E-state index is -0.114. The first-order chi connectivity index (χ1) is 11.8. The van der Waals surface area contributed by atoms with Gasteiger partial charge in [-0.25, -0.2) is 0 Å². The summed E-state index contributed by atoms with van der Waals surface area (Å²) in [5, 5.41) is 15.4. The molecule has 1 aliphatic carbocycles. The Morgan fingerprint density at radius 2 is 2.00 bits per heavy atom. The van der Waals surface area contributed by atoms with E-state index in [1.165, 1.54) is 60.6 Å². The number of fused-ring (bicyclic) bond motifs is 1. The van der Waals surface area contributed by atoms with E-state index >= 15 is 0 Å². The number of aliphatic hydroxyl groups is 1. The summed E-state index contributed by atoms with van der Waals surface area (Å²) in [4.78, 5) is 3.42. The van der Waals surface area contributed by atoms with Crippen LogP contribution in [0.5, 0.6) is 0 Å². The molecule has 1 unspecified atom stereocenters. The highest BCUT2D eigenvalue weighted by Gasteiger charge is 2.23. The Morgan fingerprint density at radius 3 is 2.79 bits per heavy atom. The first kappa shape index (κ1) is 16.2. The number of hydrogen-bond acceptors (Lipinski definition) is 2. The number of hydrogen-bond donors (Lipinski definition) is 3. The van der Waals surface area contributed by atoms with Gasteiger partial charge in [-0.15, -0.1) is 0 Å². The maximum atomic E-state index is 10.4. The average Bonchev–Trinajstić information content (AvgIpc) is 3.35. The molecule has 0 spiro atoms. The minimum absolute atomic E-state index is 0.114. The smallest absolute Gasteiger partial charge is 0.0571 e. The van der Waals surface area contributed by atoms with Gasteiger partial charge < -0.3 is 15.4 Å². The van der Waals surface area contributed by atoms with E-state index in [9.17, 15) is 5.11 Å². The van der Waals surface area contributed by atoms with E-state index in [1.54, 1.807) is 0 Å². The first-order valence-corrected chi connectivity index (χ1v) is 9.80. The van der Waals surface area contributed by atoms with Crippen LogP contribution >= 0.6 is 0 Å². The zero-order chi connectivity index (χ0) is 16.4. The van der Waals surface area contributed by atoms with Crippen LogP contribution in [0.4, 0.5) is 0 Å². The van der Waals surface area contributed by atoms with E-state index < -0.39 is 0 Å². The molecule has 2 atom stereocenters. The Labute approximate surface area is 144 Å². The molecule has 1 saturated heterocycles. The van der Waals surface area contributed by atoms with Gasteiger partial charge in [-0.05, 0) is 80.7 Å². The van der Waals surface area contributed by atoms with Crippen LogP contribution in [0.3, 0.4) is 0 Å². The van der Waals surface area contributed by atoms with Gasteiger partial charge in [0, 0.05) is 23.1 Å². The number of aromatic amines is 1. The summed E-state index contributed by atoms with van der Waals surface area (Å²) in [5.74, 6) is 0.546. The van der Waals surface area contributed by atoms with Crippen molar-refractivity contribution in [3.05, 3.63) is 35.5 Å². The highest BCUT2D eigenvalue weighted by Crippen LogP contribution is 2.30. The highest BCUT2D eigenvalue weighted by atomic mass is 16.3. The van der Waals surface area contributed by atoms with E-state index in [4.69, 9.17) is 0 Å². The topological polar surface area (TPSA) is 48.0 Å².